The molecule has 1 aliphatic heterocycles. The second kappa shape index (κ2) is 3.80. The predicted molar refractivity (Wildman–Crippen MR) is 52.8 cm³/mol. The van der Waals surface area contributed by atoms with Crippen molar-refractivity contribution < 1.29 is 14.6 Å². The highest BCUT2D eigenvalue weighted by atomic mass is 16.7. The molecule has 1 spiro atoms. The van der Waals surface area contributed by atoms with Gasteiger partial charge in [-0.1, -0.05) is 13.8 Å². The Balaban J connectivity index is 2.06. The van der Waals surface area contributed by atoms with E-state index in [0.29, 0.717) is 24.4 Å². The van der Waals surface area contributed by atoms with Gasteiger partial charge in [-0.2, -0.15) is 0 Å². The molecule has 14 heavy (non-hydrogen) atoms. The van der Waals surface area contributed by atoms with Crippen molar-refractivity contribution in [3.05, 3.63) is 0 Å². The van der Waals surface area contributed by atoms with Crippen LogP contribution in [0.25, 0.3) is 0 Å². The molecule has 1 saturated heterocycles. The molecule has 1 N–H and O–H groups in total. The average molecular weight is 200 g/mol. The monoisotopic (exact) mass is 200 g/mol. The summed E-state index contributed by atoms with van der Waals surface area (Å²) in [4.78, 5) is 0. The zero-order chi connectivity index (χ0) is 10.2. The van der Waals surface area contributed by atoms with Gasteiger partial charge in [0.1, 0.15) is 0 Å². The third-order valence-corrected chi connectivity index (χ3v) is 3.75. The number of hydrogen-bond acceptors (Lipinski definition) is 3. The summed E-state index contributed by atoms with van der Waals surface area (Å²) in [7, 11) is 0. The highest BCUT2D eigenvalue weighted by Gasteiger charge is 2.46. The maximum absolute atomic E-state index is 9.28. The van der Waals surface area contributed by atoms with Crippen LogP contribution in [-0.4, -0.2) is 30.7 Å². The third-order valence-electron chi connectivity index (χ3n) is 3.75. The molecule has 1 aliphatic carbocycles. The Labute approximate surface area is 85.4 Å². The maximum atomic E-state index is 9.28. The summed E-state index contributed by atoms with van der Waals surface area (Å²) >= 11 is 0. The maximum Gasteiger partial charge on any atom is 0.169 e. The molecule has 1 saturated carbocycles. The van der Waals surface area contributed by atoms with Gasteiger partial charge in [0.05, 0.1) is 13.2 Å². The lowest BCUT2D eigenvalue weighted by molar-refractivity contribution is -0.207. The number of aliphatic hydroxyl groups excluding tert-OH is 1. The fraction of sp³-hybridized carbons (Fsp3) is 1.00. The minimum absolute atomic E-state index is 0.290. The van der Waals surface area contributed by atoms with Crippen molar-refractivity contribution in [3.8, 4) is 0 Å². The van der Waals surface area contributed by atoms with Crippen molar-refractivity contribution in [2.45, 2.75) is 32.5 Å². The first kappa shape index (κ1) is 10.4. The van der Waals surface area contributed by atoms with Gasteiger partial charge in [-0.3, -0.25) is 0 Å². The van der Waals surface area contributed by atoms with Gasteiger partial charge in [0, 0.05) is 19.4 Å². The molecule has 2 aliphatic rings. The topological polar surface area (TPSA) is 38.7 Å². The molecule has 1 heterocycles. The van der Waals surface area contributed by atoms with Gasteiger partial charge in [-0.05, 0) is 17.8 Å². The quantitative estimate of drug-likeness (QED) is 0.695. The van der Waals surface area contributed by atoms with Crippen LogP contribution in [0, 0.1) is 17.8 Å². The molecule has 2 fully saturated rings. The molecule has 2 rings (SSSR count). The Morgan fingerprint density at radius 2 is 1.64 bits per heavy atom. The van der Waals surface area contributed by atoms with Crippen LogP contribution in [0.15, 0.2) is 0 Å². The Hall–Kier alpha value is -0.120. The van der Waals surface area contributed by atoms with E-state index in [9.17, 15) is 5.11 Å². The first-order valence-electron chi connectivity index (χ1n) is 5.56. The van der Waals surface area contributed by atoms with E-state index in [0.717, 1.165) is 26.1 Å². The number of aliphatic hydroxyl groups is 1. The van der Waals surface area contributed by atoms with E-state index in [4.69, 9.17) is 9.47 Å². The molecule has 0 aromatic carbocycles. The lowest BCUT2D eigenvalue weighted by Gasteiger charge is -2.43. The molecule has 82 valence electrons. The third kappa shape index (κ3) is 1.69. The number of hydrogen-bond donors (Lipinski definition) is 1. The molecule has 3 nitrogen and oxygen atoms in total. The fourth-order valence-electron chi connectivity index (χ4n) is 3.02. The van der Waals surface area contributed by atoms with E-state index in [1.807, 2.05) is 0 Å². The van der Waals surface area contributed by atoms with Gasteiger partial charge in [-0.15, -0.1) is 0 Å². The van der Waals surface area contributed by atoms with E-state index in [1.54, 1.807) is 0 Å². The normalized spacial score (nSPS) is 41.8. The summed E-state index contributed by atoms with van der Waals surface area (Å²) in [5, 5.41) is 9.28. The molecular formula is C11H20O3. The van der Waals surface area contributed by atoms with Crippen LogP contribution in [0.5, 0.6) is 0 Å². The second-order valence-electron chi connectivity index (χ2n) is 4.82. The van der Waals surface area contributed by atoms with Gasteiger partial charge in [0.25, 0.3) is 0 Å². The zero-order valence-corrected chi connectivity index (χ0v) is 9.03. The van der Waals surface area contributed by atoms with Crippen LogP contribution < -0.4 is 0 Å². The summed E-state index contributed by atoms with van der Waals surface area (Å²) in [5.41, 5.74) is 0. The Morgan fingerprint density at radius 1 is 1.14 bits per heavy atom. The van der Waals surface area contributed by atoms with Gasteiger partial charge in [-0.25, -0.2) is 0 Å². The SMILES string of the molecule is C[C@H]1CC2(C[C@H](C)C1CO)OCCO2. The molecular weight excluding hydrogens is 180 g/mol. The minimum Gasteiger partial charge on any atom is -0.396 e. The Bertz CT molecular complexity index is 185. The fourth-order valence-corrected chi connectivity index (χ4v) is 3.02. The Kier molecular flexibility index (Phi) is 2.82. The van der Waals surface area contributed by atoms with Crippen molar-refractivity contribution in [2.24, 2.45) is 17.8 Å². The van der Waals surface area contributed by atoms with Gasteiger partial charge in [0.15, 0.2) is 5.79 Å². The lowest BCUT2D eigenvalue weighted by Crippen LogP contribution is -2.44. The van der Waals surface area contributed by atoms with Gasteiger partial charge >= 0.3 is 0 Å². The van der Waals surface area contributed by atoms with Crippen LogP contribution in [-0.2, 0) is 9.47 Å². The molecule has 0 unspecified atom stereocenters. The largest absolute Gasteiger partial charge is 0.396 e. The number of ether oxygens (including phenoxy) is 2. The van der Waals surface area contributed by atoms with Crippen molar-refractivity contribution in [3.63, 3.8) is 0 Å². The molecule has 0 aromatic heterocycles. The molecule has 0 bridgehead atoms. The van der Waals surface area contributed by atoms with Crippen LogP contribution in [0.2, 0.25) is 0 Å². The summed E-state index contributed by atoms with van der Waals surface area (Å²) in [6.07, 6.45) is 1.87. The predicted octanol–water partition coefficient (Wildman–Crippen LogP) is 1.40. The van der Waals surface area contributed by atoms with Gasteiger partial charge < -0.3 is 14.6 Å². The smallest absolute Gasteiger partial charge is 0.169 e. The van der Waals surface area contributed by atoms with Crippen LogP contribution in [0.1, 0.15) is 26.7 Å². The second-order valence-corrected chi connectivity index (χ2v) is 4.82. The average Bonchev–Trinajstić information content (AvgIpc) is 2.52. The molecule has 0 amide bonds. The van der Waals surface area contributed by atoms with E-state index < -0.39 is 0 Å². The molecule has 0 aromatic rings. The van der Waals surface area contributed by atoms with Crippen molar-refractivity contribution in [1.29, 1.82) is 0 Å². The van der Waals surface area contributed by atoms with E-state index in [2.05, 4.69) is 13.8 Å². The van der Waals surface area contributed by atoms with Crippen LogP contribution in [0.3, 0.4) is 0 Å². The van der Waals surface area contributed by atoms with Gasteiger partial charge in [0.2, 0.25) is 0 Å². The molecule has 3 heteroatoms. The highest BCUT2D eigenvalue weighted by Crippen LogP contribution is 2.44. The summed E-state index contributed by atoms with van der Waals surface area (Å²) in [6, 6.07) is 0. The van der Waals surface area contributed by atoms with E-state index in [1.165, 1.54) is 0 Å². The van der Waals surface area contributed by atoms with Crippen molar-refractivity contribution >= 4 is 0 Å². The minimum atomic E-state index is -0.315. The van der Waals surface area contributed by atoms with Crippen LogP contribution in [0.4, 0.5) is 0 Å². The van der Waals surface area contributed by atoms with E-state index >= 15 is 0 Å². The molecule has 2 atom stereocenters. The summed E-state index contributed by atoms with van der Waals surface area (Å²) < 4.78 is 11.4. The van der Waals surface area contributed by atoms with Crippen LogP contribution >= 0.6 is 0 Å². The highest BCUT2D eigenvalue weighted by molar-refractivity contribution is 4.89. The molecule has 0 radical (unpaired) electrons. The standard InChI is InChI=1S/C11H20O3/c1-8-5-11(13-3-4-14-11)6-9(2)10(8)7-12/h8-10,12H,3-7H2,1-2H3/t8-,9-/m0/s1. The first-order chi connectivity index (χ1) is 6.67. The van der Waals surface area contributed by atoms with Crippen molar-refractivity contribution in [2.75, 3.05) is 19.8 Å². The van der Waals surface area contributed by atoms with E-state index in [-0.39, 0.29) is 5.79 Å². The summed E-state index contributed by atoms with van der Waals surface area (Å²) in [6.45, 7) is 6.11. The number of rotatable bonds is 1. The lowest BCUT2D eigenvalue weighted by atomic mass is 9.71. The zero-order valence-electron chi connectivity index (χ0n) is 9.03. The van der Waals surface area contributed by atoms with Crippen molar-refractivity contribution in [1.82, 2.24) is 0 Å². The Morgan fingerprint density at radius 3 is 2.07 bits per heavy atom. The first-order valence-corrected chi connectivity index (χ1v) is 5.56. The summed E-state index contributed by atoms with van der Waals surface area (Å²) in [5.74, 6) is 1.07.